The predicted molar refractivity (Wildman–Crippen MR) is 121 cm³/mol. The van der Waals surface area contributed by atoms with Gasteiger partial charge < -0.3 is 9.80 Å². The molecule has 6 heteroatoms. The molecule has 0 aliphatic carbocycles. The van der Waals surface area contributed by atoms with Crippen molar-refractivity contribution in [1.82, 2.24) is 9.80 Å². The van der Waals surface area contributed by atoms with E-state index in [1.165, 1.54) is 4.90 Å². The number of anilines is 1. The maximum atomic E-state index is 13.7. The third kappa shape index (κ3) is 3.42. The number of imide groups is 1. The Morgan fingerprint density at radius 3 is 2.27 bits per heavy atom. The van der Waals surface area contributed by atoms with Crippen LogP contribution >= 0.6 is 11.6 Å². The first-order chi connectivity index (χ1) is 14.3. The van der Waals surface area contributed by atoms with Crippen LogP contribution in [-0.2, 0) is 9.59 Å². The molecule has 1 fully saturated rings. The quantitative estimate of drug-likeness (QED) is 0.704. The van der Waals surface area contributed by atoms with Gasteiger partial charge in [-0.3, -0.25) is 9.59 Å². The van der Waals surface area contributed by atoms with Gasteiger partial charge in [0.05, 0.1) is 11.3 Å². The van der Waals surface area contributed by atoms with E-state index in [1.807, 2.05) is 32.9 Å². The third-order valence-corrected chi connectivity index (χ3v) is 6.42. The van der Waals surface area contributed by atoms with Gasteiger partial charge in [0.1, 0.15) is 5.70 Å². The summed E-state index contributed by atoms with van der Waals surface area (Å²) in [6.07, 6.45) is 0. The van der Waals surface area contributed by atoms with Crippen molar-refractivity contribution in [1.29, 1.82) is 0 Å². The molecule has 4 rings (SSSR count). The van der Waals surface area contributed by atoms with E-state index in [4.69, 9.17) is 11.6 Å². The van der Waals surface area contributed by atoms with Gasteiger partial charge in [-0.15, -0.1) is 0 Å². The molecule has 156 valence electrons. The van der Waals surface area contributed by atoms with E-state index in [1.54, 1.807) is 18.2 Å². The predicted octanol–water partition coefficient (Wildman–Crippen LogP) is 3.80. The highest BCUT2D eigenvalue weighted by Gasteiger charge is 2.43. The highest BCUT2D eigenvalue weighted by atomic mass is 35.5. The fourth-order valence-electron chi connectivity index (χ4n) is 4.24. The summed E-state index contributed by atoms with van der Waals surface area (Å²) in [5, 5.41) is 0.536. The second-order valence-corrected chi connectivity index (χ2v) is 8.57. The van der Waals surface area contributed by atoms with Crippen molar-refractivity contribution >= 4 is 34.7 Å². The highest BCUT2D eigenvalue weighted by Crippen LogP contribution is 2.38. The zero-order chi connectivity index (χ0) is 21.6. The number of carbonyl (C=O) groups excluding carboxylic acids is 2. The number of amides is 2. The van der Waals surface area contributed by atoms with Crippen LogP contribution in [0.15, 0.2) is 42.1 Å². The number of piperazine rings is 1. The molecule has 0 bridgehead atoms. The summed E-state index contributed by atoms with van der Waals surface area (Å²) in [7, 11) is 2.07. The maximum Gasteiger partial charge on any atom is 0.282 e. The lowest BCUT2D eigenvalue weighted by Crippen LogP contribution is -2.46. The minimum Gasteiger partial charge on any atom is -0.364 e. The summed E-state index contributed by atoms with van der Waals surface area (Å²) in [5.41, 5.74) is 5.18. The molecule has 2 heterocycles. The van der Waals surface area contributed by atoms with Crippen LogP contribution in [-0.4, -0.2) is 54.8 Å². The fourth-order valence-corrected chi connectivity index (χ4v) is 4.41. The van der Waals surface area contributed by atoms with Crippen molar-refractivity contribution in [3.8, 4) is 0 Å². The second kappa shape index (κ2) is 7.89. The van der Waals surface area contributed by atoms with E-state index in [-0.39, 0.29) is 11.8 Å². The zero-order valence-electron chi connectivity index (χ0n) is 17.8. The van der Waals surface area contributed by atoms with Crippen LogP contribution in [0.25, 0.3) is 5.57 Å². The SMILES string of the molecule is Cc1ccc(C2=C(N3CCN(C)CC3)C(=O)N(c3cccc(Cl)c3C)C2=O)c(C)c1. The number of nitrogens with zero attached hydrogens (tertiary/aromatic N) is 3. The first kappa shape index (κ1) is 20.6. The van der Waals surface area contributed by atoms with E-state index in [0.29, 0.717) is 35.1 Å². The van der Waals surface area contributed by atoms with Gasteiger partial charge in [0.25, 0.3) is 11.8 Å². The monoisotopic (exact) mass is 423 g/mol. The molecule has 2 aromatic rings. The Hall–Kier alpha value is -2.63. The Morgan fingerprint density at radius 2 is 1.60 bits per heavy atom. The molecular weight excluding hydrogens is 398 g/mol. The number of hydrogen-bond acceptors (Lipinski definition) is 4. The number of benzene rings is 2. The molecule has 0 aromatic heterocycles. The molecule has 5 nitrogen and oxygen atoms in total. The number of halogens is 1. The van der Waals surface area contributed by atoms with Crippen LogP contribution < -0.4 is 4.90 Å². The highest BCUT2D eigenvalue weighted by molar-refractivity contribution is 6.46. The van der Waals surface area contributed by atoms with Crippen LogP contribution in [0.1, 0.15) is 22.3 Å². The molecule has 2 aromatic carbocycles. The molecule has 0 spiro atoms. The molecule has 1 saturated heterocycles. The fraction of sp³-hybridized carbons (Fsp3) is 0.333. The Bertz CT molecular complexity index is 1070. The molecule has 2 amide bonds. The summed E-state index contributed by atoms with van der Waals surface area (Å²) in [4.78, 5) is 33.0. The zero-order valence-corrected chi connectivity index (χ0v) is 18.6. The Labute approximate surface area is 182 Å². The topological polar surface area (TPSA) is 43.9 Å². The van der Waals surface area contributed by atoms with Gasteiger partial charge in [0.15, 0.2) is 0 Å². The van der Waals surface area contributed by atoms with Crippen molar-refractivity contribution in [3.05, 3.63) is 69.4 Å². The smallest absolute Gasteiger partial charge is 0.282 e. The largest absolute Gasteiger partial charge is 0.364 e. The molecular formula is C24H26ClN3O2. The van der Waals surface area contributed by atoms with E-state index >= 15 is 0 Å². The summed E-state index contributed by atoms with van der Waals surface area (Å²) in [6.45, 7) is 8.96. The lowest BCUT2D eigenvalue weighted by atomic mass is 9.97. The number of likely N-dealkylation sites (N-methyl/N-ethyl adjacent to an activating group) is 1. The Balaban J connectivity index is 1.87. The molecule has 0 N–H and O–H groups in total. The van der Waals surface area contributed by atoms with Crippen molar-refractivity contribution < 1.29 is 9.59 Å². The first-order valence-corrected chi connectivity index (χ1v) is 10.6. The van der Waals surface area contributed by atoms with Crippen LogP contribution in [0.2, 0.25) is 5.02 Å². The summed E-state index contributed by atoms with van der Waals surface area (Å²) < 4.78 is 0. The second-order valence-electron chi connectivity index (χ2n) is 8.16. The van der Waals surface area contributed by atoms with E-state index < -0.39 is 0 Å². The molecule has 2 aliphatic heterocycles. The van der Waals surface area contributed by atoms with E-state index in [0.717, 1.165) is 35.3 Å². The summed E-state index contributed by atoms with van der Waals surface area (Å²) in [5.74, 6) is -0.559. The van der Waals surface area contributed by atoms with Gasteiger partial charge in [-0.25, -0.2) is 4.90 Å². The first-order valence-electron chi connectivity index (χ1n) is 10.2. The van der Waals surface area contributed by atoms with Crippen LogP contribution in [0.3, 0.4) is 0 Å². The number of carbonyl (C=O) groups is 2. The van der Waals surface area contributed by atoms with Crippen molar-refractivity contribution in [3.63, 3.8) is 0 Å². The molecule has 0 saturated carbocycles. The van der Waals surface area contributed by atoms with Crippen LogP contribution in [0, 0.1) is 20.8 Å². The molecule has 0 radical (unpaired) electrons. The minimum atomic E-state index is -0.286. The average Bonchev–Trinajstić information content (AvgIpc) is 2.95. The van der Waals surface area contributed by atoms with E-state index in [9.17, 15) is 9.59 Å². The van der Waals surface area contributed by atoms with Gasteiger partial charge in [-0.05, 0) is 56.6 Å². The van der Waals surface area contributed by atoms with Gasteiger partial charge in [-0.2, -0.15) is 0 Å². The van der Waals surface area contributed by atoms with Crippen LogP contribution in [0.5, 0.6) is 0 Å². The van der Waals surface area contributed by atoms with Gasteiger partial charge in [0, 0.05) is 31.2 Å². The third-order valence-electron chi connectivity index (χ3n) is 6.01. The lowest BCUT2D eigenvalue weighted by molar-refractivity contribution is -0.120. The van der Waals surface area contributed by atoms with Gasteiger partial charge in [-0.1, -0.05) is 41.4 Å². The van der Waals surface area contributed by atoms with Crippen LogP contribution in [0.4, 0.5) is 5.69 Å². The van der Waals surface area contributed by atoms with Crippen molar-refractivity contribution in [2.45, 2.75) is 20.8 Å². The molecule has 0 unspecified atom stereocenters. The Kier molecular flexibility index (Phi) is 5.43. The molecule has 0 atom stereocenters. The normalized spacial score (nSPS) is 18.0. The maximum absolute atomic E-state index is 13.7. The van der Waals surface area contributed by atoms with Gasteiger partial charge in [0.2, 0.25) is 0 Å². The van der Waals surface area contributed by atoms with Crippen molar-refractivity contribution in [2.24, 2.45) is 0 Å². The minimum absolute atomic E-state index is 0.273. The molecule has 30 heavy (non-hydrogen) atoms. The Morgan fingerprint density at radius 1 is 0.900 bits per heavy atom. The summed E-state index contributed by atoms with van der Waals surface area (Å²) in [6, 6.07) is 11.3. The van der Waals surface area contributed by atoms with Gasteiger partial charge >= 0.3 is 0 Å². The molecule has 2 aliphatic rings. The average molecular weight is 424 g/mol. The lowest BCUT2D eigenvalue weighted by Gasteiger charge is -2.34. The number of hydrogen-bond donors (Lipinski definition) is 0. The van der Waals surface area contributed by atoms with E-state index in [2.05, 4.69) is 22.9 Å². The number of aryl methyl sites for hydroxylation is 2. The summed E-state index contributed by atoms with van der Waals surface area (Å²) >= 11 is 6.31. The number of rotatable bonds is 3. The van der Waals surface area contributed by atoms with Crippen molar-refractivity contribution in [2.75, 3.05) is 38.1 Å². The standard InChI is InChI=1S/C24H26ClN3O2/c1-15-8-9-18(16(2)14-15)21-22(27-12-10-26(4)11-13-27)24(30)28(23(21)29)20-7-5-6-19(25)17(20)3/h5-9,14H,10-13H2,1-4H3.